The average Bonchev–Trinajstić information content (AvgIpc) is 3.14. The number of piperidine rings is 1. The van der Waals surface area contributed by atoms with Crippen molar-refractivity contribution in [2.75, 3.05) is 33.7 Å². The molecule has 0 aromatic heterocycles. The van der Waals surface area contributed by atoms with Gasteiger partial charge in [0.25, 0.3) is 0 Å². The van der Waals surface area contributed by atoms with Gasteiger partial charge in [0.1, 0.15) is 12.2 Å². The fourth-order valence-corrected chi connectivity index (χ4v) is 4.75. The topological polar surface area (TPSA) is 57.6 Å². The van der Waals surface area contributed by atoms with Gasteiger partial charge in [-0.05, 0) is 20.5 Å². The van der Waals surface area contributed by atoms with Crippen LogP contribution in [0.2, 0.25) is 0 Å². The Kier molecular flexibility index (Phi) is 5.84. The molecule has 0 aliphatic carbocycles. The number of nitrogens with one attached hydrogen (secondary N) is 3. The summed E-state index contributed by atoms with van der Waals surface area (Å²) in [6.07, 6.45) is 6.24. The molecule has 0 radical (unpaired) electrons. The van der Waals surface area contributed by atoms with Gasteiger partial charge >= 0.3 is 0 Å². The molecule has 5 N–H and O–H groups in total. The number of rotatable bonds is 4. The van der Waals surface area contributed by atoms with Crippen LogP contribution in [0.3, 0.4) is 0 Å². The molecule has 3 heterocycles. The lowest BCUT2D eigenvalue weighted by atomic mass is 9.94. The number of hydroxylamine groups is 1. The molecule has 0 bridgehead atoms. The summed E-state index contributed by atoms with van der Waals surface area (Å²) in [6, 6.07) is 0.587. The first-order chi connectivity index (χ1) is 11.3. The fraction of sp³-hybridized carbons (Fsp3) is 1.00. The van der Waals surface area contributed by atoms with Gasteiger partial charge in [-0.3, -0.25) is 15.1 Å². The maximum Gasteiger partial charge on any atom is 0.183 e. The standard InChI is InChI=1S/C18H37N5O/c1-18(2,3)12-23-10-6-7-14(23)17-20-16(21-24-17)13-8-9-15(19-11-13)22(4)5/h13-17,19-21H,6-12H2,1-5H3/p+2. The van der Waals surface area contributed by atoms with E-state index >= 15 is 0 Å². The third-order valence-corrected chi connectivity index (χ3v) is 6.00. The van der Waals surface area contributed by atoms with Crippen LogP contribution in [0.25, 0.3) is 0 Å². The Hall–Kier alpha value is -0.240. The van der Waals surface area contributed by atoms with Gasteiger partial charge in [0.2, 0.25) is 0 Å². The molecule has 3 aliphatic rings. The van der Waals surface area contributed by atoms with Crippen LogP contribution in [-0.2, 0) is 4.84 Å². The van der Waals surface area contributed by atoms with Crippen LogP contribution < -0.4 is 21.0 Å². The quantitative estimate of drug-likeness (QED) is 0.514. The molecule has 3 fully saturated rings. The first-order valence-electron chi connectivity index (χ1n) is 9.85. The smallest absolute Gasteiger partial charge is 0.183 e. The van der Waals surface area contributed by atoms with E-state index in [9.17, 15) is 0 Å². The molecule has 0 saturated carbocycles. The summed E-state index contributed by atoms with van der Waals surface area (Å²) in [6.45, 7) is 10.7. The first kappa shape index (κ1) is 18.5. The molecule has 6 nitrogen and oxygen atoms in total. The monoisotopic (exact) mass is 341 g/mol. The minimum atomic E-state index is 0.168. The molecular weight excluding hydrogens is 302 g/mol. The van der Waals surface area contributed by atoms with Crippen molar-refractivity contribution < 1.29 is 15.1 Å². The van der Waals surface area contributed by atoms with Crippen LogP contribution in [0.5, 0.6) is 0 Å². The summed E-state index contributed by atoms with van der Waals surface area (Å²) in [5.41, 5.74) is 3.70. The van der Waals surface area contributed by atoms with E-state index in [1.807, 2.05) is 0 Å². The fourth-order valence-electron chi connectivity index (χ4n) is 4.75. The molecule has 3 aliphatic heterocycles. The van der Waals surface area contributed by atoms with Gasteiger partial charge in [-0.25, -0.2) is 0 Å². The average molecular weight is 342 g/mol. The van der Waals surface area contributed by atoms with Crippen LogP contribution in [0.1, 0.15) is 46.5 Å². The van der Waals surface area contributed by atoms with Gasteiger partial charge in [0.05, 0.1) is 25.8 Å². The molecule has 3 saturated heterocycles. The molecule has 6 atom stereocenters. The second kappa shape index (κ2) is 7.56. The molecule has 0 spiro atoms. The second-order valence-electron chi connectivity index (χ2n) is 9.53. The van der Waals surface area contributed by atoms with Crippen LogP contribution in [0, 0.1) is 11.3 Å². The van der Waals surface area contributed by atoms with E-state index in [1.165, 1.54) is 45.3 Å². The Balaban J connectivity index is 1.50. The van der Waals surface area contributed by atoms with Gasteiger partial charge in [0.15, 0.2) is 6.23 Å². The predicted molar refractivity (Wildman–Crippen MR) is 95.1 cm³/mol. The highest BCUT2D eigenvalue weighted by molar-refractivity contribution is 4.84. The number of quaternary nitrogens is 2. The van der Waals surface area contributed by atoms with Crippen LogP contribution in [0.4, 0.5) is 0 Å². The SMILES string of the molecule is CN(C)C1CCC(C2NOC(C3CCC[NH+]3CC(C)(C)C)N2)C[NH2+]1. The third kappa shape index (κ3) is 4.48. The molecule has 0 aromatic carbocycles. The molecule has 0 amide bonds. The van der Waals surface area contributed by atoms with Crippen LogP contribution >= 0.6 is 0 Å². The third-order valence-electron chi connectivity index (χ3n) is 6.00. The minimum Gasteiger partial charge on any atom is -0.331 e. The molecule has 24 heavy (non-hydrogen) atoms. The second-order valence-corrected chi connectivity index (χ2v) is 9.53. The van der Waals surface area contributed by atoms with Crippen molar-refractivity contribution in [3.05, 3.63) is 0 Å². The molecule has 6 heteroatoms. The largest absolute Gasteiger partial charge is 0.331 e. The molecule has 0 aromatic rings. The van der Waals surface area contributed by atoms with Crippen molar-refractivity contribution in [3.8, 4) is 0 Å². The van der Waals surface area contributed by atoms with Crippen molar-refractivity contribution in [2.24, 2.45) is 11.3 Å². The van der Waals surface area contributed by atoms with Crippen molar-refractivity contribution in [2.45, 2.75) is 71.1 Å². The lowest BCUT2D eigenvalue weighted by molar-refractivity contribution is -0.922. The predicted octanol–water partition coefficient (Wildman–Crippen LogP) is -1.28. The highest BCUT2D eigenvalue weighted by Gasteiger charge is 2.44. The summed E-state index contributed by atoms with van der Waals surface area (Å²) >= 11 is 0. The Bertz CT molecular complexity index is 403. The Labute approximate surface area is 147 Å². The van der Waals surface area contributed by atoms with E-state index in [2.05, 4.69) is 55.9 Å². The normalized spacial score (nSPS) is 41.2. The van der Waals surface area contributed by atoms with Gasteiger partial charge in [-0.2, -0.15) is 5.48 Å². The van der Waals surface area contributed by atoms with Crippen LogP contribution in [-0.4, -0.2) is 63.2 Å². The zero-order chi connectivity index (χ0) is 17.3. The zero-order valence-corrected chi connectivity index (χ0v) is 16.3. The van der Waals surface area contributed by atoms with Crippen molar-refractivity contribution in [3.63, 3.8) is 0 Å². The van der Waals surface area contributed by atoms with Crippen molar-refractivity contribution in [1.82, 2.24) is 15.7 Å². The maximum atomic E-state index is 6.02. The van der Waals surface area contributed by atoms with E-state index in [1.54, 1.807) is 4.90 Å². The molecule has 3 rings (SSSR count). The molecular formula is C18H39N5O+2. The first-order valence-corrected chi connectivity index (χ1v) is 9.85. The Morgan fingerprint density at radius 1 is 1.21 bits per heavy atom. The summed E-state index contributed by atoms with van der Waals surface area (Å²) in [5.74, 6) is 0.652. The maximum absolute atomic E-state index is 6.02. The number of nitrogens with two attached hydrogens (primary N) is 1. The summed E-state index contributed by atoms with van der Waals surface area (Å²) in [5, 5.41) is 6.26. The number of hydrogen-bond acceptors (Lipinski definition) is 4. The molecule has 140 valence electrons. The van der Waals surface area contributed by atoms with E-state index < -0.39 is 0 Å². The lowest BCUT2D eigenvalue weighted by Gasteiger charge is -2.33. The Morgan fingerprint density at radius 2 is 2.00 bits per heavy atom. The van der Waals surface area contributed by atoms with E-state index in [4.69, 9.17) is 4.84 Å². The summed E-state index contributed by atoms with van der Waals surface area (Å²) in [4.78, 5) is 10.1. The van der Waals surface area contributed by atoms with E-state index in [0.29, 0.717) is 29.7 Å². The van der Waals surface area contributed by atoms with Crippen molar-refractivity contribution >= 4 is 0 Å². The van der Waals surface area contributed by atoms with Gasteiger partial charge < -0.3 is 10.2 Å². The van der Waals surface area contributed by atoms with Gasteiger partial charge in [-0.1, -0.05) is 20.8 Å². The van der Waals surface area contributed by atoms with E-state index in [-0.39, 0.29) is 6.23 Å². The lowest BCUT2D eigenvalue weighted by Crippen LogP contribution is -3.16. The zero-order valence-electron chi connectivity index (χ0n) is 16.3. The molecule has 6 unspecified atom stereocenters. The number of likely N-dealkylation sites (tertiary alicyclic amines) is 1. The minimum absolute atomic E-state index is 0.168. The van der Waals surface area contributed by atoms with Crippen LogP contribution in [0.15, 0.2) is 0 Å². The highest BCUT2D eigenvalue weighted by atomic mass is 16.7. The van der Waals surface area contributed by atoms with Gasteiger partial charge in [-0.15, -0.1) is 0 Å². The number of hydrogen-bond donors (Lipinski definition) is 4. The summed E-state index contributed by atoms with van der Waals surface area (Å²) in [7, 11) is 4.36. The van der Waals surface area contributed by atoms with Crippen molar-refractivity contribution in [1.29, 1.82) is 0 Å². The summed E-state index contributed by atoms with van der Waals surface area (Å²) < 4.78 is 0. The number of nitrogens with zero attached hydrogens (tertiary/aromatic N) is 1. The Morgan fingerprint density at radius 3 is 2.62 bits per heavy atom. The highest BCUT2D eigenvalue weighted by Crippen LogP contribution is 2.20. The van der Waals surface area contributed by atoms with Gasteiger partial charge in [0, 0.05) is 30.6 Å². The van der Waals surface area contributed by atoms with E-state index in [0.717, 1.165) is 0 Å².